The van der Waals surface area contributed by atoms with Crippen molar-refractivity contribution in [3.05, 3.63) is 78.1 Å². The molecule has 0 saturated carbocycles. The molecule has 92 valence electrons. The van der Waals surface area contributed by atoms with Crippen LogP contribution in [-0.2, 0) is 0 Å². The van der Waals surface area contributed by atoms with Crippen molar-refractivity contribution < 1.29 is 0 Å². The molecular formula is C16H13N3. The van der Waals surface area contributed by atoms with Gasteiger partial charge in [-0.3, -0.25) is 0 Å². The largest absolute Gasteiger partial charge is 0.220 e. The standard InChI is InChI=1S/C16H13N3/c1-2-6-14(7-3-1)10-11-15-8-4-5-9-16(15)19-13-12-17-18-19/h1-13H/b11-10+. The molecule has 19 heavy (non-hydrogen) atoms. The highest BCUT2D eigenvalue weighted by Crippen LogP contribution is 2.16. The highest BCUT2D eigenvalue weighted by atomic mass is 15.4. The summed E-state index contributed by atoms with van der Waals surface area (Å²) in [4.78, 5) is 0. The van der Waals surface area contributed by atoms with Gasteiger partial charge in [0.05, 0.1) is 18.1 Å². The second kappa shape index (κ2) is 5.31. The van der Waals surface area contributed by atoms with E-state index < -0.39 is 0 Å². The van der Waals surface area contributed by atoms with Crippen LogP contribution >= 0.6 is 0 Å². The van der Waals surface area contributed by atoms with Gasteiger partial charge in [0, 0.05) is 5.56 Å². The van der Waals surface area contributed by atoms with Crippen molar-refractivity contribution in [2.24, 2.45) is 0 Å². The topological polar surface area (TPSA) is 30.7 Å². The quantitative estimate of drug-likeness (QED) is 0.664. The molecule has 0 bridgehead atoms. The molecule has 3 rings (SSSR count). The van der Waals surface area contributed by atoms with Crippen LogP contribution in [0.25, 0.3) is 17.8 Å². The van der Waals surface area contributed by atoms with Gasteiger partial charge in [0.2, 0.25) is 0 Å². The van der Waals surface area contributed by atoms with Gasteiger partial charge in [0.1, 0.15) is 0 Å². The molecule has 0 saturated heterocycles. The Morgan fingerprint density at radius 2 is 1.63 bits per heavy atom. The number of para-hydroxylation sites is 1. The molecule has 3 nitrogen and oxygen atoms in total. The van der Waals surface area contributed by atoms with Crippen molar-refractivity contribution in [1.29, 1.82) is 0 Å². The van der Waals surface area contributed by atoms with Crippen LogP contribution < -0.4 is 0 Å². The zero-order valence-corrected chi connectivity index (χ0v) is 10.3. The van der Waals surface area contributed by atoms with Crippen LogP contribution in [0.4, 0.5) is 0 Å². The van der Waals surface area contributed by atoms with Crippen LogP contribution in [0.3, 0.4) is 0 Å². The average Bonchev–Trinajstić information content (AvgIpc) is 3.01. The van der Waals surface area contributed by atoms with Gasteiger partial charge < -0.3 is 0 Å². The Morgan fingerprint density at radius 1 is 0.842 bits per heavy atom. The molecule has 0 unspecified atom stereocenters. The molecule has 0 fully saturated rings. The first-order valence-electron chi connectivity index (χ1n) is 6.12. The zero-order chi connectivity index (χ0) is 12.9. The Morgan fingerprint density at radius 3 is 2.42 bits per heavy atom. The van der Waals surface area contributed by atoms with E-state index in [1.54, 1.807) is 10.9 Å². The van der Waals surface area contributed by atoms with Crippen molar-refractivity contribution in [3.63, 3.8) is 0 Å². The van der Waals surface area contributed by atoms with Crippen molar-refractivity contribution in [2.75, 3.05) is 0 Å². The molecule has 3 aromatic rings. The van der Waals surface area contributed by atoms with E-state index in [1.165, 1.54) is 5.56 Å². The molecule has 0 N–H and O–H groups in total. The van der Waals surface area contributed by atoms with Gasteiger partial charge in [-0.1, -0.05) is 65.9 Å². The highest BCUT2D eigenvalue weighted by Gasteiger charge is 2.01. The molecule has 0 spiro atoms. The van der Waals surface area contributed by atoms with E-state index in [0.29, 0.717) is 0 Å². The van der Waals surface area contributed by atoms with Crippen LogP contribution in [0.1, 0.15) is 11.1 Å². The Labute approximate surface area is 111 Å². The Hall–Kier alpha value is -2.68. The number of benzene rings is 2. The summed E-state index contributed by atoms with van der Waals surface area (Å²) in [5, 5.41) is 7.88. The molecule has 0 aliphatic carbocycles. The van der Waals surface area contributed by atoms with Gasteiger partial charge in [0.25, 0.3) is 0 Å². The molecule has 2 aromatic carbocycles. The first kappa shape index (κ1) is 11.4. The third-order valence-corrected chi connectivity index (χ3v) is 2.86. The van der Waals surface area contributed by atoms with Crippen molar-refractivity contribution >= 4 is 12.2 Å². The summed E-state index contributed by atoms with van der Waals surface area (Å²) in [7, 11) is 0. The molecule has 0 amide bonds. The van der Waals surface area contributed by atoms with Gasteiger partial charge in [-0.25, -0.2) is 4.68 Å². The third kappa shape index (κ3) is 2.60. The van der Waals surface area contributed by atoms with Crippen LogP contribution in [0.15, 0.2) is 67.0 Å². The van der Waals surface area contributed by atoms with E-state index in [2.05, 4.69) is 40.7 Å². The minimum Gasteiger partial charge on any atom is -0.220 e. The van der Waals surface area contributed by atoms with E-state index in [0.717, 1.165) is 11.3 Å². The first-order chi connectivity index (χ1) is 9.43. The van der Waals surface area contributed by atoms with Crippen LogP contribution in [0, 0.1) is 0 Å². The van der Waals surface area contributed by atoms with Crippen molar-refractivity contribution in [2.45, 2.75) is 0 Å². The summed E-state index contributed by atoms with van der Waals surface area (Å²) in [5.74, 6) is 0. The number of hydrogen-bond donors (Lipinski definition) is 0. The lowest BCUT2D eigenvalue weighted by molar-refractivity contribution is 0.802. The van der Waals surface area contributed by atoms with Crippen LogP contribution in [0.2, 0.25) is 0 Å². The maximum absolute atomic E-state index is 4.03. The maximum Gasteiger partial charge on any atom is 0.0735 e. The lowest BCUT2D eigenvalue weighted by Crippen LogP contribution is -1.97. The number of nitrogens with zero attached hydrogens (tertiary/aromatic N) is 3. The summed E-state index contributed by atoms with van der Waals surface area (Å²) < 4.78 is 1.77. The SMILES string of the molecule is C(=C\c1ccccc1-n1ccnn1)/c1ccccc1. The van der Waals surface area contributed by atoms with Gasteiger partial charge in [-0.15, -0.1) is 5.10 Å². The van der Waals surface area contributed by atoms with Crippen molar-refractivity contribution in [3.8, 4) is 5.69 Å². The smallest absolute Gasteiger partial charge is 0.0735 e. The predicted molar refractivity (Wildman–Crippen MR) is 76.7 cm³/mol. The molecule has 0 aliphatic rings. The van der Waals surface area contributed by atoms with Gasteiger partial charge in [0.15, 0.2) is 0 Å². The number of rotatable bonds is 3. The lowest BCUT2D eigenvalue weighted by Gasteiger charge is -2.04. The summed E-state index contributed by atoms with van der Waals surface area (Å²) in [6, 6.07) is 18.3. The summed E-state index contributed by atoms with van der Waals surface area (Å²) in [6.45, 7) is 0. The van der Waals surface area contributed by atoms with E-state index in [1.807, 2.05) is 42.6 Å². The van der Waals surface area contributed by atoms with E-state index >= 15 is 0 Å². The summed E-state index contributed by atoms with van der Waals surface area (Å²) in [5.41, 5.74) is 3.31. The monoisotopic (exact) mass is 247 g/mol. The maximum atomic E-state index is 4.03. The van der Waals surface area contributed by atoms with E-state index in [9.17, 15) is 0 Å². The normalized spacial score (nSPS) is 10.9. The minimum atomic E-state index is 1.02. The van der Waals surface area contributed by atoms with Crippen LogP contribution in [-0.4, -0.2) is 15.0 Å². The Kier molecular flexibility index (Phi) is 3.19. The highest BCUT2D eigenvalue weighted by molar-refractivity contribution is 5.73. The third-order valence-electron chi connectivity index (χ3n) is 2.86. The summed E-state index contributed by atoms with van der Waals surface area (Å²) >= 11 is 0. The number of hydrogen-bond acceptors (Lipinski definition) is 2. The minimum absolute atomic E-state index is 1.02. The van der Waals surface area contributed by atoms with Crippen LogP contribution in [0.5, 0.6) is 0 Å². The van der Waals surface area contributed by atoms with Gasteiger partial charge in [-0.2, -0.15) is 0 Å². The Balaban J connectivity index is 1.96. The average molecular weight is 247 g/mol. The molecule has 0 aliphatic heterocycles. The van der Waals surface area contributed by atoms with Gasteiger partial charge in [-0.05, 0) is 11.6 Å². The second-order valence-corrected chi connectivity index (χ2v) is 4.15. The van der Waals surface area contributed by atoms with Gasteiger partial charge >= 0.3 is 0 Å². The fourth-order valence-corrected chi connectivity index (χ4v) is 1.92. The molecule has 1 heterocycles. The first-order valence-corrected chi connectivity index (χ1v) is 6.12. The fraction of sp³-hybridized carbons (Fsp3) is 0. The van der Waals surface area contributed by atoms with E-state index in [4.69, 9.17) is 0 Å². The predicted octanol–water partition coefficient (Wildman–Crippen LogP) is 3.44. The fourth-order valence-electron chi connectivity index (χ4n) is 1.92. The Bertz CT molecular complexity index is 670. The summed E-state index contributed by atoms with van der Waals surface area (Å²) in [6.07, 6.45) is 7.70. The molecule has 0 atom stereocenters. The molecule has 1 aromatic heterocycles. The second-order valence-electron chi connectivity index (χ2n) is 4.15. The van der Waals surface area contributed by atoms with Crippen molar-refractivity contribution in [1.82, 2.24) is 15.0 Å². The lowest BCUT2D eigenvalue weighted by atomic mass is 10.1. The molecule has 0 radical (unpaired) electrons. The number of aromatic nitrogens is 3. The molecule has 3 heteroatoms. The molecular weight excluding hydrogens is 234 g/mol. The zero-order valence-electron chi connectivity index (χ0n) is 10.3. The van der Waals surface area contributed by atoms with E-state index in [-0.39, 0.29) is 0 Å².